The SMILES string of the molecule is COCCC(NC(=O)CNC(=O)c1ccc(C)s1)C(=O)O. The minimum atomic E-state index is -1.14. The van der Waals surface area contributed by atoms with Crippen molar-refractivity contribution in [2.45, 2.75) is 19.4 Å². The fourth-order valence-electron chi connectivity index (χ4n) is 1.54. The second-order valence-corrected chi connectivity index (χ2v) is 5.62. The lowest BCUT2D eigenvalue weighted by molar-refractivity contribution is -0.142. The molecule has 1 aromatic heterocycles. The van der Waals surface area contributed by atoms with E-state index in [9.17, 15) is 14.4 Å². The monoisotopic (exact) mass is 314 g/mol. The molecule has 0 fully saturated rings. The number of hydrogen-bond donors (Lipinski definition) is 3. The van der Waals surface area contributed by atoms with Crippen molar-refractivity contribution in [3.8, 4) is 0 Å². The van der Waals surface area contributed by atoms with Gasteiger partial charge in [0.25, 0.3) is 5.91 Å². The van der Waals surface area contributed by atoms with E-state index >= 15 is 0 Å². The van der Waals surface area contributed by atoms with E-state index in [-0.39, 0.29) is 25.5 Å². The Kier molecular flexibility index (Phi) is 6.83. The van der Waals surface area contributed by atoms with Gasteiger partial charge in [0, 0.05) is 25.0 Å². The molecule has 1 atom stereocenters. The third-order valence-electron chi connectivity index (χ3n) is 2.62. The van der Waals surface area contributed by atoms with Gasteiger partial charge in [0.05, 0.1) is 11.4 Å². The number of nitrogens with one attached hydrogen (secondary N) is 2. The van der Waals surface area contributed by atoms with Crippen LogP contribution in [0.5, 0.6) is 0 Å². The van der Waals surface area contributed by atoms with Gasteiger partial charge in [0.15, 0.2) is 0 Å². The molecule has 3 N–H and O–H groups in total. The van der Waals surface area contributed by atoms with E-state index in [2.05, 4.69) is 10.6 Å². The van der Waals surface area contributed by atoms with Gasteiger partial charge >= 0.3 is 5.97 Å². The molecule has 116 valence electrons. The van der Waals surface area contributed by atoms with Gasteiger partial charge in [-0.15, -0.1) is 11.3 Å². The van der Waals surface area contributed by atoms with E-state index in [1.54, 1.807) is 6.07 Å². The van der Waals surface area contributed by atoms with E-state index < -0.39 is 17.9 Å². The number of methoxy groups -OCH3 is 1. The number of aliphatic carboxylic acids is 1. The molecule has 8 heteroatoms. The average molecular weight is 314 g/mol. The maximum Gasteiger partial charge on any atom is 0.326 e. The molecule has 0 saturated carbocycles. The summed E-state index contributed by atoms with van der Waals surface area (Å²) < 4.78 is 4.78. The molecule has 0 spiro atoms. The third kappa shape index (κ3) is 5.92. The average Bonchev–Trinajstić information content (AvgIpc) is 2.87. The van der Waals surface area contributed by atoms with Crippen LogP contribution >= 0.6 is 11.3 Å². The number of hydrogen-bond acceptors (Lipinski definition) is 5. The minimum absolute atomic E-state index is 0.162. The molecule has 1 aromatic rings. The highest BCUT2D eigenvalue weighted by Crippen LogP contribution is 2.14. The lowest BCUT2D eigenvalue weighted by atomic mass is 10.2. The summed E-state index contributed by atoms with van der Waals surface area (Å²) in [5.74, 6) is -2.05. The molecule has 0 saturated heterocycles. The van der Waals surface area contributed by atoms with Crippen LogP contribution in [0, 0.1) is 6.92 Å². The Morgan fingerprint density at radius 3 is 2.62 bits per heavy atom. The Balaban J connectivity index is 2.42. The van der Waals surface area contributed by atoms with E-state index in [1.165, 1.54) is 18.4 Å². The molecule has 0 aliphatic heterocycles. The number of carboxylic acids is 1. The van der Waals surface area contributed by atoms with Crippen molar-refractivity contribution < 1.29 is 24.2 Å². The number of carbonyl (C=O) groups excluding carboxylic acids is 2. The highest BCUT2D eigenvalue weighted by Gasteiger charge is 2.19. The molecule has 1 heterocycles. The lowest BCUT2D eigenvalue weighted by Crippen LogP contribution is -2.45. The van der Waals surface area contributed by atoms with Crippen molar-refractivity contribution in [2.75, 3.05) is 20.3 Å². The van der Waals surface area contributed by atoms with Crippen molar-refractivity contribution in [1.82, 2.24) is 10.6 Å². The Bertz CT molecular complexity index is 514. The zero-order valence-corrected chi connectivity index (χ0v) is 12.7. The molecule has 1 unspecified atom stereocenters. The number of rotatable bonds is 8. The maximum absolute atomic E-state index is 11.7. The second-order valence-electron chi connectivity index (χ2n) is 4.33. The topological polar surface area (TPSA) is 105 Å². The number of amides is 2. The van der Waals surface area contributed by atoms with Crippen LogP contribution in [-0.4, -0.2) is 49.2 Å². The smallest absolute Gasteiger partial charge is 0.326 e. The standard InChI is InChI=1S/C13H18N2O5S/c1-8-3-4-10(21-8)12(17)14-7-11(16)15-9(13(18)19)5-6-20-2/h3-4,9H,5-7H2,1-2H3,(H,14,17)(H,15,16)(H,18,19). The summed E-state index contributed by atoms with van der Waals surface area (Å²) in [5, 5.41) is 13.7. The molecule has 2 amide bonds. The summed E-state index contributed by atoms with van der Waals surface area (Å²) >= 11 is 1.32. The fraction of sp³-hybridized carbons (Fsp3) is 0.462. The molecule has 0 aliphatic rings. The fourth-order valence-corrected chi connectivity index (χ4v) is 2.33. The number of carbonyl (C=O) groups is 3. The van der Waals surface area contributed by atoms with Crippen LogP contribution in [0.2, 0.25) is 0 Å². The van der Waals surface area contributed by atoms with Gasteiger partial charge in [-0.1, -0.05) is 0 Å². The molecule has 0 radical (unpaired) electrons. The largest absolute Gasteiger partial charge is 0.480 e. The zero-order chi connectivity index (χ0) is 15.8. The summed E-state index contributed by atoms with van der Waals surface area (Å²) in [6.07, 6.45) is 0.162. The summed E-state index contributed by atoms with van der Waals surface area (Å²) in [4.78, 5) is 35.8. The number of carboxylic acid groups (broad SMARTS) is 1. The van der Waals surface area contributed by atoms with Gasteiger partial charge in [0.1, 0.15) is 6.04 Å². The Morgan fingerprint density at radius 1 is 1.38 bits per heavy atom. The summed E-state index contributed by atoms with van der Waals surface area (Å²) in [6.45, 7) is 1.83. The van der Waals surface area contributed by atoms with Crippen LogP contribution in [0.15, 0.2) is 12.1 Å². The predicted molar refractivity (Wildman–Crippen MR) is 77.4 cm³/mol. The first kappa shape index (κ1) is 17.1. The Labute approximate surface area is 126 Å². The van der Waals surface area contributed by atoms with E-state index in [0.717, 1.165) is 4.88 Å². The number of thiophene rings is 1. The van der Waals surface area contributed by atoms with E-state index in [0.29, 0.717) is 4.88 Å². The second kappa shape index (κ2) is 8.38. The first-order valence-electron chi connectivity index (χ1n) is 6.29. The highest BCUT2D eigenvalue weighted by atomic mass is 32.1. The van der Waals surface area contributed by atoms with Crippen LogP contribution in [0.4, 0.5) is 0 Å². The molecule has 0 bridgehead atoms. The van der Waals surface area contributed by atoms with E-state index in [1.807, 2.05) is 13.0 Å². The highest BCUT2D eigenvalue weighted by molar-refractivity contribution is 7.13. The summed E-state index contributed by atoms with van der Waals surface area (Å²) in [5.41, 5.74) is 0. The van der Waals surface area contributed by atoms with Crippen molar-refractivity contribution >= 4 is 29.1 Å². The minimum Gasteiger partial charge on any atom is -0.480 e. The summed E-state index contributed by atoms with van der Waals surface area (Å²) in [7, 11) is 1.45. The van der Waals surface area contributed by atoms with Gasteiger partial charge in [-0.3, -0.25) is 9.59 Å². The Morgan fingerprint density at radius 2 is 2.10 bits per heavy atom. The van der Waals surface area contributed by atoms with E-state index in [4.69, 9.17) is 9.84 Å². The van der Waals surface area contributed by atoms with Crippen molar-refractivity contribution in [3.05, 3.63) is 21.9 Å². The van der Waals surface area contributed by atoms with Crippen LogP contribution in [0.25, 0.3) is 0 Å². The quantitative estimate of drug-likeness (QED) is 0.644. The van der Waals surface area contributed by atoms with Gasteiger partial charge in [0.2, 0.25) is 5.91 Å². The molecular formula is C13H18N2O5S. The zero-order valence-electron chi connectivity index (χ0n) is 11.8. The Hall–Kier alpha value is -1.93. The van der Waals surface area contributed by atoms with Crippen molar-refractivity contribution in [1.29, 1.82) is 0 Å². The normalized spacial score (nSPS) is 11.7. The van der Waals surface area contributed by atoms with Crippen LogP contribution in [-0.2, 0) is 14.3 Å². The van der Waals surface area contributed by atoms with Crippen LogP contribution in [0.3, 0.4) is 0 Å². The first-order chi connectivity index (χ1) is 9.93. The third-order valence-corrected chi connectivity index (χ3v) is 3.62. The molecule has 0 aromatic carbocycles. The lowest BCUT2D eigenvalue weighted by Gasteiger charge is -2.14. The predicted octanol–water partition coefficient (Wildman–Crippen LogP) is 0.392. The molecule has 21 heavy (non-hydrogen) atoms. The number of ether oxygens (including phenoxy) is 1. The summed E-state index contributed by atoms with van der Waals surface area (Å²) in [6, 6.07) is 2.45. The van der Waals surface area contributed by atoms with Crippen LogP contribution in [0.1, 0.15) is 21.0 Å². The van der Waals surface area contributed by atoms with Gasteiger partial charge in [-0.25, -0.2) is 4.79 Å². The maximum atomic E-state index is 11.7. The molecular weight excluding hydrogens is 296 g/mol. The number of aryl methyl sites for hydroxylation is 1. The van der Waals surface area contributed by atoms with Crippen molar-refractivity contribution in [2.24, 2.45) is 0 Å². The van der Waals surface area contributed by atoms with Crippen molar-refractivity contribution in [3.63, 3.8) is 0 Å². The van der Waals surface area contributed by atoms with Crippen LogP contribution < -0.4 is 10.6 Å². The van der Waals surface area contributed by atoms with Gasteiger partial charge in [-0.2, -0.15) is 0 Å². The van der Waals surface area contributed by atoms with Gasteiger partial charge < -0.3 is 20.5 Å². The first-order valence-corrected chi connectivity index (χ1v) is 7.11. The molecule has 7 nitrogen and oxygen atoms in total. The molecule has 1 rings (SSSR count). The molecule has 0 aliphatic carbocycles. The van der Waals surface area contributed by atoms with Gasteiger partial charge in [-0.05, 0) is 19.1 Å².